The van der Waals surface area contributed by atoms with Gasteiger partial charge in [-0.15, -0.1) is 0 Å². The maximum Gasteiger partial charge on any atom is 0.138 e. The molecule has 0 bridgehead atoms. The number of hydrogen-bond donors (Lipinski definition) is 2. The number of nitrogens with zero attached hydrogens (tertiary/aromatic N) is 3. The fraction of sp³-hybridized carbons (Fsp3) is 0.429. The first-order valence-corrected chi connectivity index (χ1v) is 6.69. The lowest BCUT2D eigenvalue weighted by atomic mass is 10.0. The Morgan fingerprint density at radius 1 is 1.35 bits per heavy atom. The summed E-state index contributed by atoms with van der Waals surface area (Å²) in [6, 6.07) is 6.79. The van der Waals surface area contributed by atoms with E-state index >= 15 is 0 Å². The standard InChI is InChI=1S/C14H20FN5/c1-10(2)20-14(17-9-18-20)8-13(19-16)7-11-4-3-5-12(15)6-11/h3-6,9-10,13,19H,7-8,16H2,1-2H3. The first-order valence-electron chi connectivity index (χ1n) is 6.69. The molecule has 0 aliphatic carbocycles. The van der Waals surface area contributed by atoms with E-state index in [4.69, 9.17) is 5.84 Å². The number of nitrogens with one attached hydrogen (secondary N) is 1. The summed E-state index contributed by atoms with van der Waals surface area (Å²) < 4.78 is 15.1. The fourth-order valence-electron chi connectivity index (χ4n) is 2.21. The Balaban J connectivity index is 2.07. The topological polar surface area (TPSA) is 68.8 Å². The molecule has 1 atom stereocenters. The molecule has 5 nitrogen and oxygen atoms in total. The van der Waals surface area contributed by atoms with E-state index in [2.05, 4.69) is 29.4 Å². The summed E-state index contributed by atoms with van der Waals surface area (Å²) in [7, 11) is 0. The van der Waals surface area contributed by atoms with Crippen LogP contribution < -0.4 is 11.3 Å². The molecule has 0 fully saturated rings. The number of hydrogen-bond acceptors (Lipinski definition) is 4. The first-order chi connectivity index (χ1) is 9.60. The third kappa shape index (κ3) is 3.61. The summed E-state index contributed by atoms with van der Waals surface area (Å²) in [5.74, 6) is 6.24. The van der Waals surface area contributed by atoms with Gasteiger partial charge in [-0.05, 0) is 38.0 Å². The lowest BCUT2D eigenvalue weighted by molar-refractivity contribution is 0.458. The van der Waals surface area contributed by atoms with Crippen molar-refractivity contribution in [2.75, 3.05) is 0 Å². The van der Waals surface area contributed by atoms with E-state index in [1.165, 1.54) is 12.1 Å². The summed E-state index contributed by atoms with van der Waals surface area (Å²) in [5.41, 5.74) is 3.68. The minimum Gasteiger partial charge on any atom is -0.271 e. The smallest absolute Gasteiger partial charge is 0.138 e. The van der Waals surface area contributed by atoms with Crippen LogP contribution in [0, 0.1) is 5.82 Å². The quantitative estimate of drug-likeness (QED) is 0.622. The van der Waals surface area contributed by atoms with E-state index in [1.54, 1.807) is 12.4 Å². The predicted molar refractivity (Wildman–Crippen MR) is 75.3 cm³/mol. The van der Waals surface area contributed by atoms with E-state index in [-0.39, 0.29) is 17.9 Å². The van der Waals surface area contributed by atoms with Crippen molar-refractivity contribution < 1.29 is 4.39 Å². The van der Waals surface area contributed by atoms with Gasteiger partial charge in [0.2, 0.25) is 0 Å². The summed E-state index contributed by atoms with van der Waals surface area (Å²) in [6.07, 6.45) is 2.83. The number of benzene rings is 1. The van der Waals surface area contributed by atoms with Crippen molar-refractivity contribution in [3.8, 4) is 0 Å². The average Bonchev–Trinajstić information content (AvgIpc) is 2.86. The van der Waals surface area contributed by atoms with Gasteiger partial charge in [-0.3, -0.25) is 11.3 Å². The van der Waals surface area contributed by atoms with Gasteiger partial charge in [-0.2, -0.15) is 5.10 Å². The molecule has 0 aliphatic heterocycles. The Hall–Kier alpha value is -1.79. The molecule has 0 saturated carbocycles. The highest BCUT2D eigenvalue weighted by Crippen LogP contribution is 2.11. The van der Waals surface area contributed by atoms with Crippen LogP contribution >= 0.6 is 0 Å². The molecule has 1 aromatic carbocycles. The molecule has 0 amide bonds. The molecule has 108 valence electrons. The van der Waals surface area contributed by atoms with E-state index < -0.39 is 0 Å². The van der Waals surface area contributed by atoms with Crippen LogP contribution in [0.15, 0.2) is 30.6 Å². The zero-order chi connectivity index (χ0) is 14.5. The Bertz CT molecular complexity index is 552. The summed E-state index contributed by atoms with van der Waals surface area (Å²) in [4.78, 5) is 4.27. The second-order valence-electron chi connectivity index (χ2n) is 5.12. The molecule has 0 aliphatic rings. The van der Waals surface area contributed by atoms with Crippen LogP contribution in [0.1, 0.15) is 31.3 Å². The van der Waals surface area contributed by atoms with Gasteiger partial charge < -0.3 is 0 Å². The van der Waals surface area contributed by atoms with E-state index in [0.717, 1.165) is 11.4 Å². The number of aromatic nitrogens is 3. The van der Waals surface area contributed by atoms with Crippen molar-refractivity contribution in [3.05, 3.63) is 47.8 Å². The van der Waals surface area contributed by atoms with Crippen LogP contribution in [0.25, 0.3) is 0 Å². The molecule has 6 heteroatoms. The molecule has 2 rings (SSSR count). The Morgan fingerprint density at radius 2 is 2.15 bits per heavy atom. The molecule has 0 radical (unpaired) electrons. The van der Waals surface area contributed by atoms with Crippen molar-refractivity contribution >= 4 is 0 Å². The zero-order valence-corrected chi connectivity index (χ0v) is 11.8. The van der Waals surface area contributed by atoms with Gasteiger partial charge >= 0.3 is 0 Å². The molecular weight excluding hydrogens is 257 g/mol. The number of halogens is 1. The largest absolute Gasteiger partial charge is 0.271 e. The summed E-state index contributed by atoms with van der Waals surface area (Å²) in [5, 5.41) is 4.20. The highest BCUT2D eigenvalue weighted by molar-refractivity contribution is 5.17. The third-order valence-corrected chi connectivity index (χ3v) is 3.17. The average molecular weight is 277 g/mol. The second-order valence-corrected chi connectivity index (χ2v) is 5.12. The van der Waals surface area contributed by atoms with Gasteiger partial charge in [0.25, 0.3) is 0 Å². The van der Waals surface area contributed by atoms with Crippen LogP contribution in [-0.4, -0.2) is 20.8 Å². The van der Waals surface area contributed by atoms with E-state index in [0.29, 0.717) is 12.8 Å². The second kappa shape index (κ2) is 6.58. The number of rotatable bonds is 6. The number of nitrogens with two attached hydrogens (primary N) is 1. The highest BCUT2D eigenvalue weighted by atomic mass is 19.1. The van der Waals surface area contributed by atoms with Crippen LogP contribution in [-0.2, 0) is 12.8 Å². The molecular formula is C14H20FN5. The maximum absolute atomic E-state index is 13.2. The minimum atomic E-state index is -0.233. The van der Waals surface area contributed by atoms with E-state index in [9.17, 15) is 4.39 Å². The van der Waals surface area contributed by atoms with Crippen molar-refractivity contribution in [1.29, 1.82) is 0 Å². The molecule has 1 unspecified atom stereocenters. The Kier molecular flexibility index (Phi) is 4.81. The molecule has 2 aromatic rings. The molecule has 1 heterocycles. The Labute approximate surface area is 118 Å². The third-order valence-electron chi connectivity index (χ3n) is 3.17. The molecule has 20 heavy (non-hydrogen) atoms. The van der Waals surface area contributed by atoms with Crippen LogP contribution in [0.4, 0.5) is 4.39 Å². The SMILES string of the molecule is CC(C)n1ncnc1CC(Cc1cccc(F)c1)NN. The van der Waals surface area contributed by atoms with Crippen molar-refractivity contribution in [1.82, 2.24) is 20.2 Å². The van der Waals surface area contributed by atoms with Crippen LogP contribution in [0.3, 0.4) is 0 Å². The van der Waals surface area contributed by atoms with Gasteiger partial charge in [0.05, 0.1) is 0 Å². The predicted octanol–water partition coefficient (Wildman–Crippen LogP) is 1.62. The van der Waals surface area contributed by atoms with Gasteiger partial charge in [-0.25, -0.2) is 14.1 Å². The van der Waals surface area contributed by atoms with Crippen LogP contribution in [0.2, 0.25) is 0 Å². The van der Waals surface area contributed by atoms with Gasteiger partial charge in [-0.1, -0.05) is 12.1 Å². The fourth-order valence-corrected chi connectivity index (χ4v) is 2.21. The monoisotopic (exact) mass is 277 g/mol. The van der Waals surface area contributed by atoms with Gasteiger partial charge in [0.1, 0.15) is 18.0 Å². The van der Waals surface area contributed by atoms with Crippen molar-refractivity contribution in [2.24, 2.45) is 5.84 Å². The normalized spacial score (nSPS) is 12.8. The minimum absolute atomic E-state index is 0.0153. The Morgan fingerprint density at radius 3 is 2.80 bits per heavy atom. The number of hydrazine groups is 1. The van der Waals surface area contributed by atoms with E-state index in [1.807, 2.05) is 10.7 Å². The zero-order valence-electron chi connectivity index (χ0n) is 11.8. The lowest BCUT2D eigenvalue weighted by Gasteiger charge is -2.17. The summed E-state index contributed by atoms with van der Waals surface area (Å²) in [6.45, 7) is 4.10. The maximum atomic E-state index is 13.2. The summed E-state index contributed by atoms with van der Waals surface area (Å²) >= 11 is 0. The van der Waals surface area contributed by atoms with Crippen LogP contribution in [0.5, 0.6) is 0 Å². The molecule has 3 N–H and O–H groups in total. The van der Waals surface area contributed by atoms with Crippen molar-refractivity contribution in [3.63, 3.8) is 0 Å². The van der Waals surface area contributed by atoms with Gasteiger partial charge in [0.15, 0.2) is 0 Å². The molecule has 1 aromatic heterocycles. The lowest BCUT2D eigenvalue weighted by Crippen LogP contribution is -2.39. The molecule has 0 spiro atoms. The van der Waals surface area contributed by atoms with Gasteiger partial charge in [0, 0.05) is 18.5 Å². The van der Waals surface area contributed by atoms with Crippen molar-refractivity contribution in [2.45, 2.75) is 38.8 Å². The first kappa shape index (κ1) is 14.6. The molecule has 0 saturated heterocycles. The highest BCUT2D eigenvalue weighted by Gasteiger charge is 2.15.